The first-order chi connectivity index (χ1) is 12.4. The lowest BCUT2D eigenvalue weighted by molar-refractivity contribution is -0.119. The highest BCUT2D eigenvalue weighted by Gasteiger charge is 2.34. The third-order valence-electron chi connectivity index (χ3n) is 4.19. The van der Waals surface area contributed by atoms with Crippen LogP contribution in [0.1, 0.15) is 31.9 Å². The van der Waals surface area contributed by atoms with Crippen LogP contribution in [-0.4, -0.2) is 24.4 Å². The average molecular weight is 392 g/mol. The van der Waals surface area contributed by atoms with E-state index in [2.05, 4.69) is 5.32 Å². The van der Waals surface area contributed by atoms with E-state index in [1.165, 1.54) is 11.8 Å². The Labute approximate surface area is 163 Å². The lowest BCUT2D eigenvalue weighted by Crippen LogP contribution is -2.41. The van der Waals surface area contributed by atoms with Crippen molar-refractivity contribution in [2.24, 2.45) is 0 Å². The third-order valence-corrected chi connectivity index (χ3v) is 5.46. The number of ether oxygens (including phenoxy) is 2. The summed E-state index contributed by atoms with van der Waals surface area (Å²) in [5.74, 6) is 1.87. The molecule has 2 aromatic carbocycles. The minimum absolute atomic E-state index is 0.0126. The van der Waals surface area contributed by atoms with Crippen molar-refractivity contribution in [3.63, 3.8) is 0 Å². The maximum absolute atomic E-state index is 12.5. The van der Waals surface area contributed by atoms with Gasteiger partial charge < -0.3 is 14.8 Å². The minimum Gasteiger partial charge on any atom is -0.497 e. The van der Waals surface area contributed by atoms with E-state index in [4.69, 9.17) is 21.1 Å². The number of thioether (sulfide) groups is 1. The van der Waals surface area contributed by atoms with Gasteiger partial charge in [-0.15, -0.1) is 11.8 Å². The number of methoxy groups -OCH3 is 1. The zero-order valence-electron chi connectivity index (χ0n) is 15.0. The van der Waals surface area contributed by atoms with Crippen molar-refractivity contribution in [3.8, 4) is 11.5 Å². The molecule has 0 radical (unpaired) electrons. The Hall–Kier alpha value is -1.85. The van der Waals surface area contributed by atoms with E-state index >= 15 is 0 Å². The molecule has 0 aromatic heterocycles. The summed E-state index contributed by atoms with van der Waals surface area (Å²) in [5.41, 5.74) is 0.608. The van der Waals surface area contributed by atoms with Crippen LogP contribution < -0.4 is 14.8 Å². The van der Waals surface area contributed by atoms with Gasteiger partial charge in [-0.2, -0.15) is 0 Å². The summed E-state index contributed by atoms with van der Waals surface area (Å²) >= 11 is 7.38. The molecule has 3 rings (SSSR count). The van der Waals surface area contributed by atoms with E-state index in [9.17, 15) is 4.79 Å². The molecule has 1 aliphatic rings. The molecule has 0 saturated carbocycles. The van der Waals surface area contributed by atoms with Crippen LogP contribution in [0.3, 0.4) is 0 Å². The normalized spacial score (nSPS) is 17.8. The molecule has 4 nitrogen and oxygen atoms in total. The van der Waals surface area contributed by atoms with Gasteiger partial charge in [0.2, 0.25) is 5.91 Å². The second-order valence-electron chi connectivity index (χ2n) is 6.83. The van der Waals surface area contributed by atoms with Crippen LogP contribution >= 0.6 is 23.4 Å². The molecule has 2 aromatic rings. The largest absolute Gasteiger partial charge is 0.497 e. The number of nitrogens with one attached hydrogen (secondary N) is 1. The van der Waals surface area contributed by atoms with Crippen molar-refractivity contribution in [1.82, 2.24) is 5.32 Å². The van der Waals surface area contributed by atoms with Gasteiger partial charge in [0.1, 0.15) is 17.1 Å². The number of amides is 1. The molecule has 0 aliphatic carbocycles. The van der Waals surface area contributed by atoms with Gasteiger partial charge in [0.25, 0.3) is 0 Å². The molecule has 0 saturated heterocycles. The molecular formula is C20H22ClNO3S. The summed E-state index contributed by atoms with van der Waals surface area (Å²) in [6.45, 7) is 4.06. The Bertz CT molecular complexity index is 792. The second kappa shape index (κ2) is 7.80. The topological polar surface area (TPSA) is 47.6 Å². The lowest BCUT2D eigenvalue weighted by Gasteiger charge is -2.38. The number of fused-ring (bicyclic) bond motifs is 1. The van der Waals surface area contributed by atoms with E-state index < -0.39 is 0 Å². The van der Waals surface area contributed by atoms with Gasteiger partial charge in [-0.25, -0.2) is 0 Å². The van der Waals surface area contributed by atoms with Crippen molar-refractivity contribution in [2.45, 2.75) is 36.8 Å². The Morgan fingerprint density at radius 2 is 2.04 bits per heavy atom. The molecule has 0 bridgehead atoms. The van der Waals surface area contributed by atoms with Crippen molar-refractivity contribution in [2.75, 3.05) is 12.9 Å². The van der Waals surface area contributed by atoms with Crippen molar-refractivity contribution in [1.29, 1.82) is 0 Å². The van der Waals surface area contributed by atoms with E-state index in [-0.39, 0.29) is 17.6 Å². The lowest BCUT2D eigenvalue weighted by atomic mass is 9.89. The quantitative estimate of drug-likeness (QED) is 0.739. The SMILES string of the molecule is COc1ccc2c(c1)C(NC(=O)CSc1ccc(Cl)cc1)CC(C)(C)O2. The first kappa shape index (κ1) is 18.9. The molecule has 1 atom stereocenters. The molecule has 138 valence electrons. The van der Waals surface area contributed by atoms with Gasteiger partial charge in [0, 0.05) is 21.9 Å². The molecule has 1 amide bonds. The van der Waals surface area contributed by atoms with Gasteiger partial charge in [-0.05, 0) is 56.3 Å². The van der Waals surface area contributed by atoms with Gasteiger partial charge >= 0.3 is 0 Å². The first-order valence-corrected chi connectivity index (χ1v) is 9.77. The van der Waals surface area contributed by atoms with Crippen LogP contribution in [0, 0.1) is 0 Å². The highest BCUT2D eigenvalue weighted by molar-refractivity contribution is 8.00. The van der Waals surface area contributed by atoms with Gasteiger partial charge in [0.15, 0.2) is 0 Å². The van der Waals surface area contributed by atoms with E-state index in [1.54, 1.807) is 7.11 Å². The predicted molar refractivity (Wildman–Crippen MR) is 105 cm³/mol. The predicted octanol–water partition coefficient (Wildman–Crippen LogP) is 4.86. The van der Waals surface area contributed by atoms with Gasteiger partial charge in [-0.3, -0.25) is 4.79 Å². The molecule has 0 spiro atoms. The summed E-state index contributed by atoms with van der Waals surface area (Å²) in [4.78, 5) is 13.5. The number of halogens is 1. The van der Waals surface area contributed by atoms with Crippen LogP contribution in [0.15, 0.2) is 47.4 Å². The van der Waals surface area contributed by atoms with E-state index in [1.807, 2.05) is 56.3 Å². The van der Waals surface area contributed by atoms with Crippen molar-refractivity contribution < 1.29 is 14.3 Å². The van der Waals surface area contributed by atoms with Crippen molar-refractivity contribution >= 4 is 29.3 Å². The summed E-state index contributed by atoms with van der Waals surface area (Å²) < 4.78 is 11.4. The standard InChI is InChI=1S/C20H22ClNO3S/c1-20(2)11-17(16-10-14(24-3)6-9-18(16)25-20)22-19(23)12-26-15-7-4-13(21)5-8-15/h4-10,17H,11-12H2,1-3H3,(H,22,23). The summed E-state index contributed by atoms with van der Waals surface area (Å²) in [6.07, 6.45) is 0.699. The molecular weight excluding hydrogens is 370 g/mol. The average Bonchev–Trinajstić information content (AvgIpc) is 2.60. The fourth-order valence-electron chi connectivity index (χ4n) is 3.00. The molecule has 1 aliphatic heterocycles. The fourth-order valence-corrected chi connectivity index (χ4v) is 3.84. The smallest absolute Gasteiger partial charge is 0.230 e. The van der Waals surface area contributed by atoms with Crippen LogP contribution in [0.25, 0.3) is 0 Å². The number of benzene rings is 2. The number of hydrogen-bond donors (Lipinski definition) is 1. The Morgan fingerprint density at radius 3 is 2.73 bits per heavy atom. The zero-order valence-corrected chi connectivity index (χ0v) is 16.6. The van der Waals surface area contributed by atoms with Crippen molar-refractivity contribution in [3.05, 3.63) is 53.1 Å². The summed E-state index contributed by atoms with van der Waals surface area (Å²) in [7, 11) is 1.63. The summed E-state index contributed by atoms with van der Waals surface area (Å²) in [6, 6.07) is 13.1. The Morgan fingerprint density at radius 1 is 1.31 bits per heavy atom. The minimum atomic E-state index is -0.344. The molecule has 26 heavy (non-hydrogen) atoms. The Kier molecular flexibility index (Phi) is 5.68. The second-order valence-corrected chi connectivity index (χ2v) is 8.32. The van der Waals surface area contributed by atoms with E-state index in [0.717, 1.165) is 22.0 Å². The molecule has 6 heteroatoms. The zero-order chi connectivity index (χ0) is 18.7. The third kappa shape index (κ3) is 4.65. The number of carbonyl (C=O) groups excluding carboxylic acids is 1. The molecule has 1 unspecified atom stereocenters. The fraction of sp³-hybridized carbons (Fsp3) is 0.350. The molecule has 0 fully saturated rings. The summed E-state index contributed by atoms with van der Waals surface area (Å²) in [5, 5.41) is 3.83. The van der Waals surface area contributed by atoms with Gasteiger partial charge in [0.05, 0.1) is 18.9 Å². The highest BCUT2D eigenvalue weighted by Crippen LogP contribution is 2.41. The van der Waals surface area contributed by atoms with Gasteiger partial charge in [-0.1, -0.05) is 11.6 Å². The Balaban J connectivity index is 1.70. The molecule has 1 heterocycles. The maximum Gasteiger partial charge on any atom is 0.230 e. The van der Waals surface area contributed by atoms with E-state index in [0.29, 0.717) is 17.2 Å². The molecule has 1 N–H and O–H groups in total. The monoisotopic (exact) mass is 391 g/mol. The number of rotatable bonds is 5. The van der Waals surface area contributed by atoms with Crippen LogP contribution in [0.4, 0.5) is 0 Å². The highest BCUT2D eigenvalue weighted by atomic mass is 35.5. The van der Waals surface area contributed by atoms with Crippen LogP contribution in [-0.2, 0) is 4.79 Å². The van der Waals surface area contributed by atoms with Crippen LogP contribution in [0.2, 0.25) is 5.02 Å². The first-order valence-electron chi connectivity index (χ1n) is 8.41. The number of hydrogen-bond acceptors (Lipinski definition) is 4. The maximum atomic E-state index is 12.5. The number of carbonyl (C=O) groups is 1. The van der Waals surface area contributed by atoms with Crippen LogP contribution in [0.5, 0.6) is 11.5 Å².